The Labute approximate surface area is 184 Å². The quantitative estimate of drug-likeness (QED) is 0.432. The highest BCUT2D eigenvalue weighted by molar-refractivity contribution is 5.94. The second kappa shape index (κ2) is 11.2. The van der Waals surface area contributed by atoms with Crippen LogP contribution in [0.3, 0.4) is 0 Å². The lowest BCUT2D eigenvalue weighted by atomic mass is 10.1. The normalized spacial score (nSPS) is 14.2. The van der Waals surface area contributed by atoms with Crippen LogP contribution in [0.1, 0.15) is 38.2 Å². The maximum atomic E-state index is 12.4. The predicted molar refractivity (Wildman–Crippen MR) is 125 cm³/mol. The fraction of sp³-hybridized carbons (Fsp3) is 0.417. The zero-order chi connectivity index (χ0) is 22.1. The molecule has 2 aromatic carbocycles. The van der Waals surface area contributed by atoms with Gasteiger partial charge >= 0.3 is 0 Å². The van der Waals surface area contributed by atoms with Crippen LogP contribution < -0.4 is 25.4 Å². The van der Waals surface area contributed by atoms with E-state index in [1.807, 2.05) is 49.4 Å². The summed E-state index contributed by atoms with van der Waals surface area (Å²) in [6, 6.07) is 13.5. The van der Waals surface area contributed by atoms with E-state index in [0.717, 1.165) is 42.6 Å². The maximum Gasteiger partial charge on any atom is 0.227 e. The fourth-order valence-corrected chi connectivity index (χ4v) is 3.71. The Bertz CT molecular complexity index is 907. The van der Waals surface area contributed by atoms with Crippen molar-refractivity contribution < 1.29 is 14.3 Å². The summed E-state index contributed by atoms with van der Waals surface area (Å²) in [5, 5.41) is 9.62. The summed E-state index contributed by atoms with van der Waals surface area (Å²) in [5.74, 6) is 2.27. The third-order valence-electron chi connectivity index (χ3n) is 5.33. The number of carbonyl (C=O) groups is 1. The van der Waals surface area contributed by atoms with E-state index < -0.39 is 0 Å². The molecule has 31 heavy (non-hydrogen) atoms. The van der Waals surface area contributed by atoms with Crippen LogP contribution in [-0.4, -0.2) is 32.6 Å². The number of amides is 1. The first kappa shape index (κ1) is 22.5. The van der Waals surface area contributed by atoms with Crippen LogP contribution in [-0.2, 0) is 11.3 Å². The Hall–Kier alpha value is -3.22. The zero-order valence-electron chi connectivity index (χ0n) is 18.5. The molecule has 0 heterocycles. The van der Waals surface area contributed by atoms with Crippen LogP contribution in [0, 0.1) is 5.92 Å². The largest absolute Gasteiger partial charge is 0.493 e. The molecule has 3 N–H and O–H groups in total. The van der Waals surface area contributed by atoms with Gasteiger partial charge in [0.05, 0.1) is 13.7 Å². The van der Waals surface area contributed by atoms with E-state index in [1.165, 1.54) is 0 Å². The van der Waals surface area contributed by atoms with Crippen molar-refractivity contribution in [3.63, 3.8) is 0 Å². The molecule has 1 aliphatic carbocycles. The molecule has 1 saturated carbocycles. The second-order valence-electron chi connectivity index (χ2n) is 7.52. The third kappa shape index (κ3) is 6.38. The lowest BCUT2D eigenvalue weighted by Crippen LogP contribution is -2.30. The predicted octanol–water partition coefficient (Wildman–Crippen LogP) is 4.41. The van der Waals surface area contributed by atoms with E-state index in [2.05, 4.69) is 20.9 Å². The summed E-state index contributed by atoms with van der Waals surface area (Å²) in [6.45, 7) is 3.08. The lowest BCUT2D eigenvalue weighted by molar-refractivity contribution is -0.119. The minimum Gasteiger partial charge on any atom is -0.493 e. The van der Waals surface area contributed by atoms with Crippen LogP contribution in [0.4, 0.5) is 11.4 Å². The molecular weight excluding hydrogens is 392 g/mol. The Morgan fingerprint density at radius 1 is 1.06 bits per heavy atom. The summed E-state index contributed by atoms with van der Waals surface area (Å²) in [4.78, 5) is 16.7. The summed E-state index contributed by atoms with van der Waals surface area (Å²) in [5.41, 5.74) is 2.72. The molecule has 2 aromatic rings. The minimum absolute atomic E-state index is 0.129. The van der Waals surface area contributed by atoms with Crippen molar-refractivity contribution in [3.8, 4) is 11.5 Å². The first-order chi connectivity index (χ1) is 15.1. The Morgan fingerprint density at radius 2 is 1.84 bits per heavy atom. The number of benzene rings is 2. The fourth-order valence-electron chi connectivity index (χ4n) is 3.71. The molecule has 1 aliphatic rings. The summed E-state index contributed by atoms with van der Waals surface area (Å²) in [6.07, 6.45) is 4.28. The Kier molecular flexibility index (Phi) is 8.15. The number of rotatable bonds is 8. The van der Waals surface area contributed by atoms with Gasteiger partial charge in [0, 0.05) is 37.0 Å². The monoisotopic (exact) mass is 424 g/mol. The highest BCUT2D eigenvalue weighted by atomic mass is 16.5. The molecule has 7 nitrogen and oxygen atoms in total. The van der Waals surface area contributed by atoms with Crippen molar-refractivity contribution in [3.05, 3.63) is 48.0 Å². The molecule has 3 rings (SSSR count). The van der Waals surface area contributed by atoms with Crippen LogP contribution in [0.15, 0.2) is 47.5 Å². The SMILES string of the molecule is CCOc1ccc(NC(=NC)NCc2cccc(NC(=O)C3CCCC3)c2)cc1OC. The molecule has 166 valence electrons. The molecule has 0 atom stereocenters. The number of anilines is 2. The van der Waals surface area contributed by atoms with Gasteiger partial charge in [-0.25, -0.2) is 0 Å². The smallest absolute Gasteiger partial charge is 0.227 e. The van der Waals surface area contributed by atoms with Crippen LogP contribution in [0.25, 0.3) is 0 Å². The van der Waals surface area contributed by atoms with Gasteiger partial charge in [-0.05, 0) is 49.6 Å². The highest BCUT2D eigenvalue weighted by Crippen LogP contribution is 2.30. The van der Waals surface area contributed by atoms with Gasteiger partial charge in [0.1, 0.15) is 0 Å². The van der Waals surface area contributed by atoms with Gasteiger partial charge < -0.3 is 25.4 Å². The maximum absolute atomic E-state index is 12.4. The van der Waals surface area contributed by atoms with Gasteiger partial charge in [-0.2, -0.15) is 0 Å². The van der Waals surface area contributed by atoms with Crippen molar-refractivity contribution in [2.24, 2.45) is 10.9 Å². The summed E-state index contributed by atoms with van der Waals surface area (Å²) < 4.78 is 11.0. The molecule has 1 fully saturated rings. The standard InChI is InChI=1S/C24H32N4O3/c1-4-31-21-13-12-20(15-22(21)30-3)28-24(25-2)26-16-17-8-7-11-19(14-17)27-23(29)18-9-5-6-10-18/h7-8,11-15,18H,4-6,9-10,16H2,1-3H3,(H,27,29)(H2,25,26,28). The number of aliphatic imine (C=N–C) groups is 1. The average molecular weight is 425 g/mol. The zero-order valence-corrected chi connectivity index (χ0v) is 18.5. The number of nitrogens with zero attached hydrogens (tertiary/aromatic N) is 1. The molecule has 1 amide bonds. The van der Waals surface area contributed by atoms with E-state index in [1.54, 1.807) is 14.2 Å². The second-order valence-corrected chi connectivity index (χ2v) is 7.52. The number of nitrogens with one attached hydrogen (secondary N) is 3. The number of hydrogen-bond donors (Lipinski definition) is 3. The van der Waals surface area contributed by atoms with E-state index in [9.17, 15) is 4.79 Å². The summed E-state index contributed by atoms with van der Waals surface area (Å²) >= 11 is 0. The summed E-state index contributed by atoms with van der Waals surface area (Å²) in [7, 11) is 3.34. The topological polar surface area (TPSA) is 84.0 Å². The van der Waals surface area contributed by atoms with Gasteiger partial charge in [-0.3, -0.25) is 9.79 Å². The van der Waals surface area contributed by atoms with Crippen LogP contribution in [0.2, 0.25) is 0 Å². The van der Waals surface area contributed by atoms with Crippen molar-refractivity contribution >= 4 is 23.2 Å². The van der Waals surface area contributed by atoms with E-state index in [0.29, 0.717) is 30.6 Å². The molecule has 0 saturated heterocycles. The number of hydrogen-bond acceptors (Lipinski definition) is 4. The molecule has 0 unspecified atom stereocenters. The first-order valence-electron chi connectivity index (χ1n) is 10.8. The third-order valence-corrected chi connectivity index (χ3v) is 5.33. The molecule has 0 bridgehead atoms. The number of ether oxygens (including phenoxy) is 2. The van der Waals surface area contributed by atoms with Crippen molar-refractivity contribution in [2.75, 3.05) is 31.4 Å². The van der Waals surface area contributed by atoms with Gasteiger partial charge in [-0.15, -0.1) is 0 Å². The molecule has 0 aliphatic heterocycles. The molecule has 7 heteroatoms. The van der Waals surface area contributed by atoms with Crippen LogP contribution in [0.5, 0.6) is 11.5 Å². The Morgan fingerprint density at radius 3 is 2.55 bits per heavy atom. The van der Waals surface area contributed by atoms with E-state index in [-0.39, 0.29) is 11.8 Å². The molecule has 0 radical (unpaired) electrons. The number of guanidine groups is 1. The van der Waals surface area contributed by atoms with Crippen molar-refractivity contribution in [2.45, 2.75) is 39.2 Å². The molecular formula is C24H32N4O3. The molecule has 0 spiro atoms. The van der Waals surface area contributed by atoms with Crippen LogP contribution >= 0.6 is 0 Å². The van der Waals surface area contributed by atoms with E-state index in [4.69, 9.17) is 9.47 Å². The van der Waals surface area contributed by atoms with Gasteiger partial charge in [0.25, 0.3) is 0 Å². The van der Waals surface area contributed by atoms with Gasteiger partial charge in [0.15, 0.2) is 17.5 Å². The van der Waals surface area contributed by atoms with Crippen molar-refractivity contribution in [1.29, 1.82) is 0 Å². The average Bonchev–Trinajstić information content (AvgIpc) is 3.33. The van der Waals surface area contributed by atoms with E-state index >= 15 is 0 Å². The minimum atomic E-state index is 0.129. The van der Waals surface area contributed by atoms with Crippen molar-refractivity contribution in [1.82, 2.24) is 5.32 Å². The first-order valence-corrected chi connectivity index (χ1v) is 10.8. The van der Waals surface area contributed by atoms with Gasteiger partial charge in [0.2, 0.25) is 5.91 Å². The lowest BCUT2D eigenvalue weighted by Gasteiger charge is -2.15. The molecule has 0 aromatic heterocycles. The highest BCUT2D eigenvalue weighted by Gasteiger charge is 2.22. The number of methoxy groups -OCH3 is 1. The Balaban J connectivity index is 1.57. The number of carbonyl (C=O) groups excluding carboxylic acids is 1. The van der Waals surface area contributed by atoms with Gasteiger partial charge in [-0.1, -0.05) is 25.0 Å².